The molecule has 0 unspecified atom stereocenters. The topological polar surface area (TPSA) is 46.1 Å². The van der Waals surface area contributed by atoms with E-state index in [0.29, 0.717) is 23.7 Å². The summed E-state index contributed by atoms with van der Waals surface area (Å²) < 4.78 is 12.5. The molecule has 114 valence electrons. The van der Waals surface area contributed by atoms with Gasteiger partial charge in [0.25, 0.3) is 5.69 Å². The van der Waals surface area contributed by atoms with Gasteiger partial charge in [-0.05, 0) is 29.7 Å². The standard InChI is InChI=1S/C19H17N2O2/c1-22-18-8-7-14(11-19(18)23-2)13-21-10-9-15-5-3-4-6-16(15)17(21)12-20/h3-11H,13H2,1-2H3/q+1. The number of pyridine rings is 1. The van der Waals surface area contributed by atoms with Crippen molar-refractivity contribution in [1.29, 1.82) is 5.26 Å². The maximum Gasteiger partial charge on any atom is 0.291 e. The third kappa shape index (κ3) is 2.82. The number of rotatable bonds is 4. The molecule has 0 aliphatic rings. The third-order valence-electron chi connectivity index (χ3n) is 3.84. The van der Waals surface area contributed by atoms with Crippen LogP contribution in [0.25, 0.3) is 10.8 Å². The van der Waals surface area contributed by atoms with Gasteiger partial charge < -0.3 is 9.47 Å². The van der Waals surface area contributed by atoms with Crippen LogP contribution in [0.15, 0.2) is 54.7 Å². The van der Waals surface area contributed by atoms with E-state index in [1.807, 2.05) is 59.3 Å². The summed E-state index contributed by atoms with van der Waals surface area (Å²) in [7, 11) is 3.23. The smallest absolute Gasteiger partial charge is 0.291 e. The van der Waals surface area contributed by atoms with Gasteiger partial charge in [0.05, 0.1) is 19.6 Å². The monoisotopic (exact) mass is 305 g/mol. The Morgan fingerprint density at radius 3 is 2.52 bits per heavy atom. The van der Waals surface area contributed by atoms with Gasteiger partial charge in [-0.25, -0.2) is 0 Å². The highest BCUT2D eigenvalue weighted by Crippen LogP contribution is 2.27. The number of benzene rings is 2. The molecule has 1 aromatic heterocycles. The van der Waals surface area contributed by atoms with Crippen LogP contribution in [-0.2, 0) is 6.54 Å². The van der Waals surface area contributed by atoms with Gasteiger partial charge in [-0.15, -0.1) is 0 Å². The van der Waals surface area contributed by atoms with E-state index in [1.165, 1.54) is 0 Å². The van der Waals surface area contributed by atoms with Crippen LogP contribution in [0.3, 0.4) is 0 Å². The summed E-state index contributed by atoms with van der Waals surface area (Å²) in [5.41, 5.74) is 1.69. The average molecular weight is 305 g/mol. The first-order chi connectivity index (χ1) is 11.3. The molecule has 0 saturated carbocycles. The first-order valence-electron chi connectivity index (χ1n) is 7.29. The lowest BCUT2D eigenvalue weighted by molar-refractivity contribution is -0.689. The molecular formula is C19H17N2O2+. The highest BCUT2D eigenvalue weighted by atomic mass is 16.5. The van der Waals surface area contributed by atoms with E-state index in [2.05, 4.69) is 6.07 Å². The van der Waals surface area contributed by atoms with Crippen LogP contribution in [0.2, 0.25) is 0 Å². The molecule has 3 aromatic rings. The molecule has 0 atom stereocenters. The summed E-state index contributed by atoms with van der Waals surface area (Å²) in [6.45, 7) is 0.591. The fraction of sp³-hybridized carbons (Fsp3) is 0.158. The molecule has 1 heterocycles. The van der Waals surface area contributed by atoms with Gasteiger partial charge >= 0.3 is 0 Å². The SMILES string of the molecule is COc1ccc(C[n+]2ccc3ccccc3c2C#N)cc1OC. The third-order valence-corrected chi connectivity index (χ3v) is 3.84. The Hall–Kier alpha value is -3.06. The van der Waals surface area contributed by atoms with Gasteiger partial charge in [0.15, 0.2) is 30.3 Å². The number of hydrogen-bond donors (Lipinski definition) is 0. The summed E-state index contributed by atoms with van der Waals surface area (Å²) in [6.07, 6.45) is 1.94. The first-order valence-corrected chi connectivity index (χ1v) is 7.29. The maximum atomic E-state index is 9.56. The van der Waals surface area contributed by atoms with Crippen molar-refractivity contribution >= 4 is 10.8 Å². The highest BCUT2D eigenvalue weighted by molar-refractivity contribution is 5.85. The summed E-state index contributed by atoms with van der Waals surface area (Å²) in [6, 6.07) is 18.0. The molecule has 4 nitrogen and oxygen atoms in total. The van der Waals surface area contributed by atoms with Gasteiger partial charge in [-0.2, -0.15) is 9.83 Å². The molecule has 0 aliphatic heterocycles. The average Bonchev–Trinajstić information content (AvgIpc) is 2.61. The summed E-state index contributed by atoms with van der Waals surface area (Å²) >= 11 is 0. The lowest BCUT2D eigenvalue weighted by Crippen LogP contribution is -2.37. The molecule has 3 rings (SSSR count). The van der Waals surface area contributed by atoms with Crippen LogP contribution < -0.4 is 14.0 Å². The largest absolute Gasteiger partial charge is 0.493 e. The van der Waals surface area contributed by atoms with Crippen molar-refractivity contribution in [2.75, 3.05) is 14.2 Å². The number of ether oxygens (including phenoxy) is 2. The minimum Gasteiger partial charge on any atom is -0.493 e. The predicted octanol–water partition coefficient (Wildman–Crippen LogP) is 3.06. The molecule has 0 fully saturated rings. The molecule has 0 amide bonds. The van der Waals surface area contributed by atoms with Crippen LogP contribution in [0, 0.1) is 11.3 Å². The lowest BCUT2D eigenvalue weighted by Gasteiger charge is -2.09. The summed E-state index contributed by atoms with van der Waals surface area (Å²) in [5.74, 6) is 1.38. The van der Waals surface area contributed by atoms with Crippen LogP contribution in [-0.4, -0.2) is 14.2 Å². The van der Waals surface area contributed by atoms with Gasteiger partial charge in [0.2, 0.25) is 0 Å². The first kappa shape index (κ1) is 14.9. The minimum absolute atomic E-state index is 0.591. The Morgan fingerprint density at radius 1 is 1.00 bits per heavy atom. The Kier molecular flexibility index (Phi) is 4.11. The fourth-order valence-corrected chi connectivity index (χ4v) is 2.69. The zero-order valence-corrected chi connectivity index (χ0v) is 13.1. The van der Waals surface area contributed by atoms with E-state index in [4.69, 9.17) is 9.47 Å². The minimum atomic E-state index is 0.591. The van der Waals surface area contributed by atoms with E-state index in [9.17, 15) is 5.26 Å². The molecule has 0 bridgehead atoms. The summed E-state index contributed by atoms with van der Waals surface area (Å²) in [4.78, 5) is 0. The van der Waals surface area contributed by atoms with Crippen molar-refractivity contribution in [3.63, 3.8) is 0 Å². The number of aromatic nitrogens is 1. The number of hydrogen-bond acceptors (Lipinski definition) is 3. The second kappa shape index (κ2) is 6.37. The Morgan fingerprint density at radius 2 is 1.78 bits per heavy atom. The van der Waals surface area contributed by atoms with E-state index < -0.39 is 0 Å². The van der Waals surface area contributed by atoms with Crippen LogP contribution in [0.1, 0.15) is 11.3 Å². The molecule has 0 aliphatic carbocycles. The lowest BCUT2D eigenvalue weighted by atomic mass is 10.1. The molecule has 0 N–H and O–H groups in total. The molecule has 0 saturated heterocycles. The molecule has 4 heteroatoms. The molecule has 0 radical (unpaired) electrons. The second-order valence-electron chi connectivity index (χ2n) is 5.18. The van der Waals surface area contributed by atoms with Crippen LogP contribution in [0.5, 0.6) is 11.5 Å². The Bertz CT molecular complexity index is 898. The van der Waals surface area contributed by atoms with Gasteiger partial charge in [0, 0.05) is 11.6 Å². The van der Waals surface area contributed by atoms with Gasteiger partial charge in [0.1, 0.15) is 0 Å². The highest BCUT2D eigenvalue weighted by Gasteiger charge is 2.16. The van der Waals surface area contributed by atoms with Gasteiger partial charge in [-0.3, -0.25) is 0 Å². The Labute approximate surface area is 135 Å². The number of nitriles is 1. The quantitative estimate of drug-likeness (QED) is 0.696. The van der Waals surface area contributed by atoms with Crippen molar-refractivity contribution in [2.24, 2.45) is 0 Å². The van der Waals surface area contributed by atoms with Crippen molar-refractivity contribution < 1.29 is 14.0 Å². The maximum absolute atomic E-state index is 9.56. The van der Waals surface area contributed by atoms with Crippen molar-refractivity contribution in [1.82, 2.24) is 0 Å². The Balaban J connectivity index is 2.03. The van der Waals surface area contributed by atoms with Crippen molar-refractivity contribution in [3.05, 3.63) is 66.0 Å². The van der Waals surface area contributed by atoms with Crippen LogP contribution >= 0.6 is 0 Å². The zero-order valence-electron chi connectivity index (χ0n) is 13.1. The zero-order chi connectivity index (χ0) is 16.2. The molecule has 23 heavy (non-hydrogen) atoms. The normalized spacial score (nSPS) is 10.3. The predicted molar refractivity (Wildman–Crippen MR) is 87.5 cm³/mol. The molecular weight excluding hydrogens is 288 g/mol. The van der Waals surface area contributed by atoms with E-state index in [1.54, 1.807) is 14.2 Å². The molecule has 2 aromatic carbocycles. The van der Waals surface area contributed by atoms with Crippen LogP contribution in [0.4, 0.5) is 0 Å². The van der Waals surface area contributed by atoms with E-state index in [0.717, 1.165) is 16.3 Å². The van der Waals surface area contributed by atoms with Gasteiger partial charge in [-0.1, -0.05) is 18.2 Å². The van der Waals surface area contributed by atoms with E-state index >= 15 is 0 Å². The number of nitrogens with zero attached hydrogens (tertiary/aromatic N) is 2. The van der Waals surface area contributed by atoms with E-state index in [-0.39, 0.29) is 0 Å². The summed E-state index contributed by atoms with van der Waals surface area (Å²) in [5, 5.41) is 11.6. The second-order valence-corrected chi connectivity index (χ2v) is 5.18. The number of methoxy groups -OCH3 is 2. The van der Waals surface area contributed by atoms with Crippen molar-refractivity contribution in [2.45, 2.75) is 6.54 Å². The fourth-order valence-electron chi connectivity index (χ4n) is 2.69. The van der Waals surface area contributed by atoms with Crippen molar-refractivity contribution in [3.8, 4) is 17.6 Å². The number of fused-ring (bicyclic) bond motifs is 1. The molecule has 0 spiro atoms.